The van der Waals surface area contributed by atoms with Gasteiger partial charge < -0.3 is 14.7 Å². The van der Waals surface area contributed by atoms with Gasteiger partial charge >= 0.3 is 5.97 Å². The second kappa shape index (κ2) is 4.85. The molecule has 0 saturated carbocycles. The van der Waals surface area contributed by atoms with Crippen molar-refractivity contribution in [3.8, 4) is 0 Å². The maximum absolute atomic E-state index is 11.1. The Labute approximate surface area is 110 Å². The highest BCUT2D eigenvalue weighted by atomic mass is 32.1. The maximum atomic E-state index is 11.1. The molecule has 5 nitrogen and oxygen atoms in total. The number of ether oxygens (including phenoxy) is 1. The van der Waals surface area contributed by atoms with Gasteiger partial charge in [-0.1, -0.05) is 25.2 Å². The van der Waals surface area contributed by atoms with E-state index in [2.05, 4.69) is 23.7 Å². The van der Waals surface area contributed by atoms with Gasteiger partial charge in [-0.15, -0.1) is 0 Å². The Morgan fingerprint density at radius 3 is 2.83 bits per heavy atom. The summed E-state index contributed by atoms with van der Waals surface area (Å²) in [5, 5.41) is 9.94. The number of hydrogen-bond acceptors (Lipinski definition) is 5. The van der Waals surface area contributed by atoms with E-state index < -0.39 is 5.97 Å². The van der Waals surface area contributed by atoms with Crippen LogP contribution in [0, 0.1) is 5.41 Å². The second-order valence-electron chi connectivity index (χ2n) is 5.35. The summed E-state index contributed by atoms with van der Waals surface area (Å²) in [5.41, 5.74) is 0.797. The third kappa shape index (κ3) is 2.64. The lowest BCUT2D eigenvalue weighted by Crippen LogP contribution is -2.22. The van der Waals surface area contributed by atoms with Crippen LogP contribution in [0.1, 0.15) is 35.6 Å². The van der Waals surface area contributed by atoms with Crippen molar-refractivity contribution in [3.63, 3.8) is 0 Å². The Bertz CT molecular complexity index is 456. The van der Waals surface area contributed by atoms with E-state index in [1.54, 1.807) is 7.11 Å². The number of carbonyl (C=O) groups is 1. The molecule has 6 heteroatoms. The summed E-state index contributed by atoms with van der Waals surface area (Å²) >= 11 is 1.24. The molecule has 1 fully saturated rings. The van der Waals surface area contributed by atoms with Crippen LogP contribution in [-0.2, 0) is 11.3 Å². The van der Waals surface area contributed by atoms with Gasteiger partial charge in [0.1, 0.15) is 4.88 Å². The number of aromatic nitrogens is 1. The second-order valence-corrected chi connectivity index (χ2v) is 6.32. The lowest BCUT2D eigenvalue weighted by Gasteiger charge is -2.18. The fourth-order valence-electron chi connectivity index (χ4n) is 2.15. The molecule has 0 spiro atoms. The average molecular weight is 270 g/mol. The fraction of sp³-hybridized carbons (Fsp3) is 0.667. The van der Waals surface area contributed by atoms with Crippen LogP contribution in [0.4, 0.5) is 5.13 Å². The zero-order valence-electron chi connectivity index (χ0n) is 10.9. The van der Waals surface area contributed by atoms with E-state index in [4.69, 9.17) is 9.84 Å². The molecule has 0 bridgehead atoms. The van der Waals surface area contributed by atoms with E-state index in [0.717, 1.165) is 24.6 Å². The molecule has 2 heterocycles. The third-order valence-electron chi connectivity index (χ3n) is 3.11. The number of carboxylic acid groups (broad SMARTS) is 1. The topological polar surface area (TPSA) is 62.7 Å². The SMILES string of the molecule is COCc1nc(N2CCC(C)(C)C2)sc1C(=O)O. The van der Waals surface area contributed by atoms with Gasteiger partial charge in [0.2, 0.25) is 0 Å². The minimum absolute atomic E-state index is 0.245. The number of methoxy groups -OCH3 is 1. The predicted molar refractivity (Wildman–Crippen MR) is 70.4 cm³/mol. The molecule has 0 radical (unpaired) electrons. The molecule has 0 amide bonds. The standard InChI is InChI=1S/C12H18N2O3S/c1-12(2)4-5-14(7-12)11-13-8(6-17-3)9(18-11)10(15)16/h4-7H2,1-3H3,(H,15,16). The van der Waals surface area contributed by atoms with E-state index in [1.807, 2.05) is 0 Å². The first-order chi connectivity index (χ1) is 8.43. The van der Waals surface area contributed by atoms with Crippen molar-refractivity contribution >= 4 is 22.4 Å². The van der Waals surface area contributed by atoms with Crippen molar-refractivity contribution in [2.24, 2.45) is 5.41 Å². The van der Waals surface area contributed by atoms with Gasteiger partial charge in [0.05, 0.1) is 12.3 Å². The van der Waals surface area contributed by atoms with Gasteiger partial charge in [-0.3, -0.25) is 0 Å². The first kappa shape index (κ1) is 13.3. The van der Waals surface area contributed by atoms with Crippen LogP contribution in [-0.4, -0.2) is 36.3 Å². The molecule has 1 aromatic heterocycles. The molecule has 0 aliphatic carbocycles. The molecule has 1 saturated heterocycles. The minimum atomic E-state index is -0.927. The molecule has 0 unspecified atom stereocenters. The van der Waals surface area contributed by atoms with Crippen LogP contribution < -0.4 is 4.90 Å². The summed E-state index contributed by atoms with van der Waals surface area (Å²) in [6.07, 6.45) is 1.11. The van der Waals surface area contributed by atoms with Crippen molar-refractivity contribution in [2.75, 3.05) is 25.1 Å². The summed E-state index contributed by atoms with van der Waals surface area (Å²) in [5.74, 6) is -0.927. The molecule has 0 atom stereocenters. The minimum Gasteiger partial charge on any atom is -0.477 e. The van der Waals surface area contributed by atoms with Gasteiger partial charge in [0, 0.05) is 20.2 Å². The zero-order chi connectivity index (χ0) is 13.3. The predicted octanol–water partition coefficient (Wildman–Crippen LogP) is 2.22. The Morgan fingerprint density at radius 2 is 2.33 bits per heavy atom. The third-order valence-corrected chi connectivity index (χ3v) is 4.26. The van der Waals surface area contributed by atoms with Crippen molar-refractivity contribution in [1.82, 2.24) is 4.98 Å². The number of nitrogens with zero attached hydrogens (tertiary/aromatic N) is 2. The molecule has 1 aliphatic rings. The Balaban J connectivity index is 2.24. The first-order valence-electron chi connectivity index (χ1n) is 5.90. The summed E-state index contributed by atoms with van der Waals surface area (Å²) in [7, 11) is 1.55. The Morgan fingerprint density at radius 1 is 1.61 bits per heavy atom. The van der Waals surface area contributed by atoms with Crippen molar-refractivity contribution in [3.05, 3.63) is 10.6 Å². The molecule has 18 heavy (non-hydrogen) atoms. The van der Waals surface area contributed by atoms with E-state index in [-0.39, 0.29) is 16.9 Å². The summed E-state index contributed by atoms with van der Waals surface area (Å²) in [6, 6.07) is 0. The highest BCUT2D eigenvalue weighted by Gasteiger charge is 2.31. The van der Waals surface area contributed by atoms with Crippen LogP contribution in [0.2, 0.25) is 0 Å². The van der Waals surface area contributed by atoms with Gasteiger partial charge in [0.15, 0.2) is 5.13 Å². The van der Waals surface area contributed by atoms with Crippen molar-refractivity contribution < 1.29 is 14.6 Å². The van der Waals surface area contributed by atoms with Crippen molar-refractivity contribution in [1.29, 1.82) is 0 Å². The van der Waals surface area contributed by atoms with Crippen LogP contribution >= 0.6 is 11.3 Å². The molecule has 1 aromatic rings. The lowest BCUT2D eigenvalue weighted by atomic mass is 9.93. The highest BCUT2D eigenvalue weighted by molar-refractivity contribution is 7.17. The number of rotatable bonds is 4. The number of hydrogen-bond donors (Lipinski definition) is 1. The number of aromatic carboxylic acids is 1. The summed E-state index contributed by atoms with van der Waals surface area (Å²) in [4.78, 5) is 18.0. The van der Waals surface area contributed by atoms with Crippen LogP contribution in [0.15, 0.2) is 0 Å². The average Bonchev–Trinajstić information content (AvgIpc) is 2.82. The van der Waals surface area contributed by atoms with Crippen LogP contribution in [0.3, 0.4) is 0 Å². The first-order valence-corrected chi connectivity index (χ1v) is 6.71. The smallest absolute Gasteiger partial charge is 0.347 e. The summed E-state index contributed by atoms with van der Waals surface area (Å²) in [6.45, 7) is 6.54. The van der Waals surface area contributed by atoms with Gasteiger partial charge in [-0.25, -0.2) is 9.78 Å². The largest absolute Gasteiger partial charge is 0.477 e. The van der Waals surface area contributed by atoms with Gasteiger partial charge in [-0.05, 0) is 11.8 Å². The number of anilines is 1. The van der Waals surface area contributed by atoms with Crippen molar-refractivity contribution in [2.45, 2.75) is 26.9 Å². The molecule has 2 rings (SSSR count). The highest BCUT2D eigenvalue weighted by Crippen LogP contribution is 2.35. The number of thiazole rings is 1. The van der Waals surface area contributed by atoms with E-state index >= 15 is 0 Å². The van der Waals surface area contributed by atoms with Gasteiger partial charge in [0.25, 0.3) is 0 Å². The Kier molecular flexibility index (Phi) is 3.59. The molecule has 0 aromatic carbocycles. The molecule has 100 valence electrons. The Hall–Kier alpha value is -1.14. The monoisotopic (exact) mass is 270 g/mol. The van der Waals surface area contributed by atoms with E-state index in [9.17, 15) is 4.79 Å². The molecular formula is C12H18N2O3S. The zero-order valence-corrected chi connectivity index (χ0v) is 11.7. The fourth-order valence-corrected chi connectivity index (χ4v) is 3.08. The molecular weight excluding hydrogens is 252 g/mol. The van der Waals surface area contributed by atoms with E-state index in [0.29, 0.717) is 5.69 Å². The van der Waals surface area contributed by atoms with Gasteiger partial charge in [-0.2, -0.15) is 0 Å². The van der Waals surface area contributed by atoms with Crippen LogP contribution in [0.5, 0.6) is 0 Å². The van der Waals surface area contributed by atoms with Crippen LogP contribution in [0.25, 0.3) is 0 Å². The quantitative estimate of drug-likeness (QED) is 0.909. The molecule has 1 N–H and O–H groups in total. The normalized spacial score (nSPS) is 18.3. The maximum Gasteiger partial charge on any atom is 0.347 e. The summed E-state index contributed by atoms with van der Waals surface area (Å²) < 4.78 is 5.00. The van der Waals surface area contributed by atoms with E-state index in [1.165, 1.54) is 11.3 Å². The number of carboxylic acids is 1. The molecule has 1 aliphatic heterocycles. The lowest BCUT2D eigenvalue weighted by molar-refractivity contribution is 0.0697.